The lowest BCUT2D eigenvalue weighted by molar-refractivity contribution is 0.685. The van der Waals surface area contributed by atoms with E-state index in [1.807, 2.05) is 24.9 Å². The molecule has 1 aliphatic heterocycles. The first-order chi connectivity index (χ1) is 7.25. The molecule has 1 N–H and O–H groups in total. The molecule has 4 heteroatoms. The van der Waals surface area contributed by atoms with Crippen LogP contribution >= 0.6 is 23.4 Å². The Morgan fingerprint density at radius 3 is 3.13 bits per heavy atom. The van der Waals surface area contributed by atoms with Crippen LogP contribution in [0.4, 0.5) is 5.69 Å². The van der Waals surface area contributed by atoms with Crippen molar-refractivity contribution in [2.45, 2.75) is 25.8 Å². The van der Waals surface area contributed by atoms with Crippen molar-refractivity contribution in [1.29, 1.82) is 0 Å². The van der Waals surface area contributed by atoms with E-state index in [-0.39, 0.29) is 0 Å². The molecule has 1 fully saturated rings. The van der Waals surface area contributed by atoms with Gasteiger partial charge in [-0.1, -0.05) is 11.6 Å². The minimum Gasteiger partial charge on any atom is -0.380 e. The molecule has 1 aliphatic rings. The molecule has 0 bridgehead atoms. The quantitative estimate of drug-likeness (QED) is 0.806. The van der Waals surface area contributed by atoms with Gasteiger partial charge in [0.25, 0.3) is 0 Å². The summed E-state index contributed by atoms with van der Waals surface area (Å²) in [4.78, 5) is 4.14. The molecule has 2 heterocycles. The third kappa shape index (κ3) is 3.02. The number of aryl methyl sites for hydroxylation is 1. The summed E-state index contributed by atoms with van der Waals surface area (Å²) in [6.45, 7) is 1.98. The Morgan fingerprint density at radius 2 is 2.47 bits per heavy atom. The minimum absolute atomic E-state index is 0.589. The summed E-state index contributed by atoms with van der Waals surface area (Å²) >= 11 is 7.90. The largest absolute Gasteiger partial charge is 0.380 e. The second-order valence-electron chi connectivity index (χ2n) is 3.89. The highest BCUT2D eigenvalue weighted by Crippen LogP contribution is 2.22. The number of pyridine rings is 1. The van der Waals surface area contributed by atoms with E-state index in [0.29, 0.717) is 11.2 Å². The second kappa shape index (κ2) is 5.08. The molecule has 1 aromatic rings. The molecule has 1 saturated heterocycles. The number of halogens is 1. The van der Waals surface area contributed by atoms with E-state index in [1.54, 1.807) is 0 Å². The number of hydrogen-bond donors (Lipinski definition) is 1. The topological polar surface area (TPSA) is 24.9 Å². The lowest BCUT2D eigenvalue weighted by Crippen LogP contribution is -2.25. The maximum atomic E-state index is 5.88. The normalized spacial score (nSPS) is 21.3. The first-order valence-corrected chi connectivity index (χ1v) is 6.75. The number of aromatic nitrogens is 1. The molecule has 82 valence electrons. The maximum Gasteiger partial charge on any atom is 0.132 e. The highest BCUT2D eigenvalue weighted by Gasteiger charge is 2.13. The van der Waals surface area contributed by atoms with Gasteiger partial charge in [0.05, 0.1) is 11.9 Å². The lowest BCUT2D eigenvalue weighted by atomic mass is 10.2. The zero-order chi connectivity index (χ0) is 10.7. The zero-order valence-electron chi connectivity index (χ0n) is 8.79. The second-order valence-corrected chi connectivity index (χ2v) is 5.40. The number of rotatable bonds is 2. The van der Waals surface area contributed by atoms with E-state index in [0.717, 1.165) is 11.3 Å². The highest BCUT2D eigenvalue weighted by molar-refractivity contribution is 7.99. The predicted octanol–water partition coefficient (Wildman–Crippen LogP) is 3.35. The van der Waals surface area contributed by atoms with Gasteiger partial charge in [-0.05, 0) is 37.1 Å². The van der Waals surface area contributed by atoms with Crippen LogP contribution in [0.3, 0.4) is 0 Å². The first-order valence-electron chi connectivity index (χ1n) is 5.22. The SMILES string of the molecule is Cc1cc(NC2CCCSC2)cnc1Cl. The van der Waals surface area contributed by atoms with Crippen LogP contribution in [-0.4, -0.2) is 22.5 Å². The Hall–Kier alpha value is -0.410. The minimum atomic E-state index is 0.589. The van der Waals surface area contributed by atoms with Crippen LogP contribution in [0.15, 0.2) is 12.3 Å². The molecule has 1 aromatic heterocycles. The van der Waals surface area contributed by atoms with Gasteiger partial charge in [0.2, 0.25) is 0 Å². The third-order valence-electron chi connectivity index (χ3n) is 2.55. The van der Waals surface area contributed by atoms with Gasteiger partial charge in [-0.25, -0.2) is 4.98 Å². The summed E-state index contributed by atoms with van der Waals surface area (Å²) in [5.74, 6) is 2.50. The molecular weight excluding hydrogens is 228 g/mol. The van der Waals surface area contributed by atoms with Crippen LogP contribution in [0.25, 0.3) is 0 Å². The molecule has 0 radical (unpaired) electrons. The smallest absolute Gasteiger partial charge is 0.132 e. The number of anilines is 1. The maximum absolute atomic E-state index is 5.88. The van der Waals surface area contributed by atoms with Crippen molar-refractivity contribution in [2.24, 2.45) is 0 Å². The van der Waals surface area contributed by atoms with Gasteiger partial charge in [0, 0.05) is 11.8 Å². The van der Waals surface area contributed by atoms with Crippen LogP contribution in [0.2, 0.25) is 5.15 Å². The molecule has 15 heavy (non-hydrogen) atoms. The fourth-order valence-electron chi connectivity index (χ4n) is 1.73. The van der Waals surface area contributed by atoms with Crippen LogP contribution in [-0.2, 0) is 0 Å². The van der Waals surface area contributed by atoms with E-state index in [4.69, 9.17) is 11.6 Å². The van der Waals surface area contributed by atoms with E-state index >= 15 is 0 Å². The standard InChI is InChI=1S/C11H15ClN2S/c1-8-5-10(6-13-11(8)12)14-9-3-2-4-15-7-9/h5-6,9,14H,2-4,7H2,1H3. The summed E-state index contributed by atoms with van der Waals surface area (Å²) in [5.41, 5.74) is 2.12. The molecule has 2 rings (SSSR count). The molecule has 0 aromatic carbocycles. The third-order valence-corrected chi connectivity index (χ3v) is 4.16. The van der Waals surface area contributed by atoms with Gasteiger partial charge in [0.15, 0.2) is 0 Å². The van der Waals surface area contributed by atoms with Crippen molar-refractivity contribution in [3.8, 4) is 0 Å². The van der Waals surface area contributed by atoms with Crippen LogP contribution in [0.5, 0.6) is 0 Å². The van der Waals surface area contributed by atoms with Crippen molar-refractivity contribution in [3.63, 3.8) is 0 Å². The predicted molar refractivity (Wildman–Crippen MR) is 68.0 cm³/mol. The number of nitrogens with zero attached hydrogens (tertiary/aromatic N) is 1. The molecule has 1 atom stereocenters. The summed E-state index contributed by atoms with van der Waals surface area (Å²) in [5, 5.41) is 4.10. The Kier molecular flexibility index (Phi) is 3.76. The fraction of sp³-hybridized carbons (Fsp3) is 0.545. The lowest BCUT2D eigenvalue weighted by Gasteiger charge is -2.23. The Labute approximate surface area is 99.8 Å². The van der Waals surface area contributed by atoms with Gasteiger partial charge in [-0.3, -0.25) is 0 Å². The van der Waals surface area contributed by atoms with Crippen LogP contribution < -0.4 is 5.32 Å². The molecule has 0 spiro atoms. The van der Waals surface area contributed by atoms with Crippen molar-refractivity contribution in [2.75, 3.05) is 16.8 Å². The van der Waals surface area contributed by atoms with Crippen molar-refractivity contribution in [1.82, 2.24) is 4.98 Å². The Bertz CT molecular complexity index is 337. The van der Waals surface area contributed by atoms with E-state index < -0.39 is 0 Å². The van der Waals surface area contributed by atoms with Crippen LogP contribution in [0.1, 0.15) is 18.4 Å². The molecule has 1 unspecified atom stereocenters. The van der Waals surface area contributed by atoms with Gasteiger partial charge < -0.3 is 5.32 Å². The summed E-state index contributed by atoms with van der Waals surface area (Å²) in [6, 6.07) is 2.65. The van der Waals surface area contributed by atoms with Crippen LogP contribution in [0, 0.1) is 6.92 Å². The van der Waals surface area contributed by atoms with E-state index in [2.05, 4.69) is 16.4 Å². The monoisotopic (exact) mass is 242 g/mol. The fourth-order valence-corrected chi connectivity index (χ4v) is 2.90. The van der Waals surface area contributed by atoms with E-state index in [9.17, 15) is 0 Å². The molecular formula is C11H15ClN2S. The van der Waals surface area contributed by atoms with Crippen molar-refractivity contribution >= 4 is 29.1 Å². The van der Waals surface area contributed by atoms with Gasteiger partial charge >= 0.3 is 0 Å². The Balaban J connectivity index is 2.00. The average Bonchev–Trinajstić information content (AvgIpc) is 2.25. The van der Waals surface area contributed by atoms with E-state index in [1.165, 1.54) is 24.3 Å². The zero-order valence-corrected chi connectivity index (χ0v) is 10.4. The summed E-state index contributed by atoms with van der Waals surface area (Å²) < 4.78 is 0. The number of hydrogen-bond acceptors (Lipinski definition) is 3. The summed E-state index contributed by atoms with van der Waals surface area (Å²) in [7, 11) is 0. The summed E-state index contributed by atoms with van der Waals surface area (Å²) in [6.07, 6.45) is 4.38. The molecule has 0 amide bonds. The number of thioether (sulfide) groups is 1. The van der Waals surface area contributed by atoms with Gasteiger partial charge in [-0.2, -0.15) is 11.8 Å². The van der Waals surface area contributed by atoms with Crippen molar-refractivity contribution in [3.05, 3.63) is 23.0 Å². The van der Waals surface area contributed by atoms with Gasteiger partial charge in [0.1, 0.15) is 5.15 Å². The van der Waals surface area contributed by atoms with Gasteiger partial charge in [-0.15, -0.1) is 0 Å². The number of nitrogens with one attached hydrogen (secondary N) is 1. The molecule has 0 aliphatic carbocycles. The molecule has 2 nitrogen and oxygen atoms in total. The highest BCUT2D eigenvalue weighted by atomic mass is 35.5. The molecule has 0 saturated carbocycles. The average molecular weight is 243 g/mol. The first kappa shape index (κ1) is 11.1. The van der Waals surface area contributed by atoms with Crippen molar-refractivity contribution < 1.29 is 0 Å². The Morgan fingerprint density at radius 1 is 1.60 bits per heavy atom.